The Labute approximate surface area is 114 Å². The molecule has 0 aliphatic carbocycles. The van der Waals surface area contributed by atoms with E-state index in [9.17, 15) is 0 Å². The van der Waals surface area contributed by atoms with Gasteiger partial charge in [0.15, 0.2) is 5.65 Å². The third kappa shape index (κ3) is 1.51. The molecule has 6 heteroatoms. The van der Waals surface area contributed by atoms with Crippen molar-refractivity contribution in [3.05, 3.63) is 42.1 Å². The normalized spacial score (nSPS) is 11.5. The van der Waals surface area contributed by atoms with Gasteiger partial charge in [-0.05, 0) is 26.0 Å². The van der Waals surface area contributed by atoms with Gasteiger partial charge in [-0.15, -0.1) is 0 Å². The second-order valence-electron chi connectivity index (χ2n) is 4.71. The van der Waals surface area contributed by atoms with Crippen molar-refractivity contribution >= 4 is 22.2 Å². The van der Waals surface area contributed by atoms with Crippen molar-refractivity contribution in [2.75, 3.05) is 0 Å². The monoisotopic (exact) mass is 264 g/mol. The maximum atomic E-state index is 4.53. The summed E-state index contributed by atoms with van der Waals surface area (Å²) >= 11 is 0. The van der Waals surface area contributed by atoms with Crippen molar-refractivity contribution in [1.29, 1.82) is 0 Å². The molecule has 0 bridgehead atoms. The number of rotatable bonds is 1. The van der Waals surface area contributed by atoms with Gasteiger partial charge in [-0.2, -0.15) is 4.98 Å². The molecule has 0 amide bonds. The van der Waals surface area contributed by atoms with E-state index >= 15 is 0 Å². The van der Waals surface area contributed by atoms with Crippen LogP contribution in [0.15, 0.2) is 30.5 Å². The Balaban J connectivity index is 2.02. The number of nitrogens with zero attached hydrogens (tertiary/aromatic N) is 5. The van der Waals surface area contributed by atoms with Crippen molar-refractivity contribution in [2.24, 2.45) is 0 Å². The molecule has 0 aliphatic heterocycles. The van der Waals surface area contributed by atoms with Gasteiger partial charge in [0.05, 0.1) is 17.2 Å². The lowest BCUT2D eigenvalue weighted by atomic mass is 10.3. The van der Waals surface area contributed by atoms with E-state index in [-0.39, 0.29) is 0 Å². The summed E-state index contributed by atoms with van der Waals surface area (Å²) in [6.07, 6.45) is 1.76. The van der Waals surface area contributed by atoms with Gasteiger partial charge in [0, 0.05) is 0 Å². The van der Waals surface area contributed by atoms with E-state index in [2.05, 4.69) is 24.9 Å². The molecular weight excluding hydrogens is 252 g/mol. The predicted octanol–water partition coefficient (Wildman–Crippen LogP) is 2.31. The van der Waals surface area contributed by atoms with Crippen molar-refractivity contribution in [2.45, 2.75) is 13.8 Å². The van der Waals surface area contributed by atoms with Crippen molar-refractivity contribution < 1.29 is 0 Å². The van der Waals surface area contributed by atoms with Gasteiger partial charge in [0.25, 0.3) is 0 Å². The molecular formula is C14H12N6. The maximum absolute atomic E-state index is 4.53. The highest BCUT2D eigenvalue weighted by Gasteiger charge is 2.12. The summed E-state index contributed by atoms with van der Waals surface area (Å²) < 4.78 is 1.94. The zero-order chi connectivity index (χ0) is 13.7. The minimum Gasteiger partial charge on any atom is -0.340 e. The Bertz CT molecular complexity index is 933. The van der Waals surface area contributed by atoms with Crippen LogP contribution >= 0.6 is 0 Å². The molecule has 0 aliphatic rings. The van der Waals surface area contributed by atoms with Gasteiger partial charge in [-0.25, -0.2) is 15.0 Å². The SMILES string of the molecule is Cc1nc2nc(-n3c(C)nc4ccccc43)ncc2[nH]1. The van der Waals surface area contributed by atoms with Crippen LogP contribution in [0, 0.1) is 13.8 Å². The molecule has 1 aromatic carbocycles. The fraction of sp³-hybridized carbons (Fsp3) is 0.143. The molecule has 4 rings (SSSR count). The van der Waals surface area contributed by atoms with Crippen LogP contribution in [-0.4, -0.2) is 29.5 Å². The molecule has 0 unspecified atom stereocenters. The Morgan fingerprint density at radius 3 is 2.80 bits per heavy atom. The summed E-state index contributed by atoms with van der Waals surface area (Å²) in [7, 11) is 0. The van der Waals surface area contributed by atoms with E-state index in [0.717, 1.165) is 28.2 Å². The number of benzene rings is 1. The van der Waals surface area contributed by atoms with Crippen LogP contribution < -0.4 is 0 Å². The molecule has 3 aromatic heterocycles. The highest BCUT2D eigenvalue weighted by atomic mass is 15.2. The zero-order valence-corrected chi connectivity index (χ0v) is 11.1. The van der Waals surface area contributed by atoms with Crippen LogP contribution in [0.5, 0.6) is 0 Å². The number of aromatic amines is 1. The van der Waals surface area contributed by atoms with Crippen LogP contribution in [0.2, 0.25) is 0 Å². The first kappa shape index (κ1) is 11.1. The molecule has 3 heterocycles. The number of fused-ring (bicyclic) bond motifs is 2. The third-order valence-corrected chi connectivity index (χ3v) is 3.27. The summed E-state index contributed by atoms with van der Waals surface area (Å²) in [6, 6.07) is 7.95. The summed E-state index contributed by atoms with van der Waals surface area (Å²) in [5.41, 5.74) is 3.45. The second kappa shape index (κ2) is 3.86. The van der Waals surface area contributed by atoms with E-state index in [0.29, 0.717) is 11.6 Å². The topological polar surface area (TPSA) is 72.3 Å². The predicted molar refractivity (Wildman–Crippen MR) is 75.8 cm³/mol. The molecule has 0 radical (unpaired) electrons. The second-order valence-corrected chi connectivity index (χ2v) is 4.71. The summed E-state index contributed by atoms with van der Waals surface area (Å²) in [6.45, 7) is 3.85. The standard InChI is InChI=1S/C14H12N6/c1-8-16-11-7-15-14(19-13(11)17-8)20-9(2)18-10-5-3-4-6-12(10)20/h3-7H,1-2H3,(H,15,16,17,19). The van der Waals surface area contributed by atoms with Crippen molar-refractivity contribution in [1.82, 2.24) is 29.5 Å². The summed E-state index contributed by atoms with van der Waals surface area (Å²) in [5, 5.41) is 0. The highest BCUT2D eigenvalue weighted by Crippen LogP contribution is 2.19. The fourth-order valence-corrected chi connectivity index (χ4v) is 2.43. The highest BCUT2D eigenvalue weighted by molar-refractivity contribution is 5.78. The molecule has 4 aromatic rings. The molecule has 6 nitrogen and oxygen atoms in total. The van der Waals surface area contributed by atoms with Crippen LogP contribution in [0.1, 0.15) is 11.6 Å². The number of hydrogen-bond acceptors (Lipinski definition) is 4. The molecule has 0 spiro atoms. The van der Waals surface area contributed by atoms with Crippen LogP contribution in [0.25, 0.3) is 28.1 Å². The lowest BCUT2D eigenvalue weighted by Gasteiger charge is -2.03. The Morgan fingerprint density at radius 1 is 1.05 bits per heavy atom. The van der Waals surface area contributed by atoms with Crippen molar-refractivity contribution in [3.8, 4) is 5.95 Å². The summed E-state index contributed by atoms with van der Waals surface area (Å²) in [4.78, 5) is 20.9. The molecule has 0 saturated heterocycles. The summed E-state index contributed by atoms with van der Waals surface area (Å²) in [5.74, 6) is 2.28. The van der Waals surface area contributed by atoms with Crippen LogP contribution in [-0.2, 0) is 0 Å². The average molecular weight is 264 g/mol. The van der Waals surface area contributed by atoms with Gasteiger partial charge in [0.1, 0.15) is 17.2 Å². The van der Waals surface area contributed by atoms with Gasteiger partial charge in [-0.3, -0.25) is 4.57 Å². The Kier molecular flexibility index (Phi) is 2.14. The zero-order valence-electron chi connectivity index (χ0n) is 11.1. The molecule has 1 N–H and O–H groups in total. The number of para-hydroxylation sites is 2. The molecule has 0 atom stereocenters. The number of nitrogens with one attached hydrogen (secondary N) is 1. The van der Waals surface area contributed by atoms with Crippen molar-refractivity contribution in [3.63, 3.8) is 0 Å². The van der Waals surface area contributed by atoms with E-state index in [1.54, 1.807) is 6.20 Å². The molecule has 98 valence electrons. The first-order valence-electron chi connectivity index (χ1n) is 6.36. The van der Waals surface area contributed by atoms with E-state index in [4.69, 9.17) is 0 Å². The Hall–Kier alpha value is -2.76. The number of hydrogen-bond donors (Lipinski definition) is 1. The Morgan fingerprint density at radius 2 is 1.90 bits per heavy atom. The largest absolute Gasteiger partial charge is 0.340 e. The van der Waals surface area contributed by atoms with Gasteiger partial charge < -0.3 is 4.98 Å². The maximum Gasteiger partial charge on any atom is 0.237 e. The fourth-order valence-electron chi connectivity index (χ4n) is 2.43. The molecule has 0 saturated carbocycles. The molecule has 0 fully saturated rings. The lowest BCUT2D eigenvalue weighted by Crippen LogP contribution is -2.02. The minimum atomic E-state index is 0.593. The first-order valence-corrected chi connectivity index (χ1v) is 6.36. The smallest absolute Gasteiger partial charge is 0.237 e. The number of aryl methyl sites for hydroxylation is 2. The number of imidazole rings is 2. The first-order chi connectivity index (χ1) is 9.72. The number of aromatic nitrogens is 6. The van der Waals surface area contributed by atoms with Gasteiger partial charge in [0.2, 0.25) is 5.95 Å². The quantitative estimate of drug-likeness (QED) is 0.572. The molecule has 20 heavy (non-hydrogen) atoms. The van der Waals surface area contributed by atoms with E-state index in [1.165, 1.54) is 0 Å². The van der Waals surface area contributed by atoms with Gasteiger partial charge >= 0.3 is 0 Å². The minimum absolute atomic E-state index is 0.593. The van der Waals surface area contributed by atoms with E-state index < -0.39 is 0 Å². The van der Waals surface area contributed by atoms with E-state index in [1.807, 2.05) is 42.7 Å². The number of H-pyrrole nitrogens is 1. The third-order valence-electron chi connectivity index (χ3n) is 3.27. The lowest BCUT2D eigenvalue weighted by molar-refractivity contribution is 0.913. The average Bonchev–Trinajstić information content (AvgIpc) is 2.95. The van der Waals surface area contributed by atoms with Crippen LogP contribution in [0.4, 0.5) is 0 Å². The van der Waals surface area contributed by atoms with Crippen LogP contribution in [0.3, 0.4) is 0 Å². The van der Waals surface area contributed by atoms with Gasteiger partial charge in [-0.1, -0.05) is 12.1 Å².